The maximum atomic E-state index is 13.0. The summed E-state index contributed by atoms with van der Waals surface area (Å²) in [6, 6.07) is 21.6. The van der Waals surface area contributed by atoms with Gasteiger partial charge in [0, 0.05) is 4.88 Å². The summed E-state index contributed by atoms with van der Waals surface area (Å²) in [4.78, 5) is 1.30. The molecule has 0 amide bonds. The van der Waals surface area contributed by atoms with E-state index in [2.05, 4.69) is 0 Å². The van der Waals surface area contributed by atoms with Gasteiger partial charge < -0.3 is 0 Å². The van der Waals surface area contributed by atoms with Crippen molar-refractivity contribution in [2.75, 3.05) is 4.31 Å². The second-order valence-corrected chi connectivity index (χ2v) is 7.63. The number of benzene rings is 2. The molecule has 3 rings (SSSR count). The first kappa shape index (κ1) is 14.8. The average molecular weight is 329 g/mol. The summed E-state index contributed by atoms with van der Waals surface area (Å²) >= 11 is 1.55. The van der Waals surface area contributed by atoms with Crippen molar-refractivity contribution in [3.8, 4) is 0 Å². The van der Waals surface area contributed by atoms with Gasteiger partial charge in [0.05, 0.1) is 17.1 Å². The predicted molar refractivity (Wildman–Crippen MR) is 90.6 cm³/mol. The third-order valence-corrected chi connectivity index (χ3v) is 5.90. The Bertz CT molecular complexity index is 814. The first-order valence-corrected chi connectivity index (χ1v) is 9.15. The highest BCUT2D eigenvalue weighted by molar-refractivity contribution is 7.92. The average Bonchev–Trinajstić information content (AvgIpc) is 3.07. The van der Waals surface area contributed by atoms with E-state index >= 15 is 0 Å². The standard InChI is InChI=1S/C17H15NO2S2/c19-22(20,17-11-5-2-6-12-17)18(14-16-10-7-13-21-16)15-8-3-1-4-9-15/h1-13H,14H2. The number of rotatable bonds is 5. The molecular weight excluding hydrogens is 314 g/mol. The van der Waals surface area contributed by atoms with Crippen molar-refractivity contribution in [3.63, 3.8) is 0 Å². The van der Waals surface area contributed by atoms with E-state index in [9.17, 15) is 8.42 Å². The van der Waals surface area contributed by atoms with Gasteiger partial charge in [-0.3, -0.25) is 4.31 Å². The molecule has 0 aliphatic rings. The van der Waals surface area contributed by atoms with Crippen LogP contribution in [0.5, 0.6) is 0 Å². The van der Waals surface area contributed by atoms with Crippen LogP contribution < -0.4 is 4.31 Å². The molecule has 3 aromatic rings. The molecule has 0 saturated carbocycles. The summed E-state index contributed by atoms with van der Waals surface area (Å²) < 4.78 is 27.4. The summed E-state index contributed by atoms with van der Waals surface area (Å²) in [7, 11) is -3.59. The fourth-order valence-electron chi connectivity index (χ4n) is 2.17. The lowest BCUT2D eigenvalue weighted by atomic mass is 10.3. The lowest BCUT2D eigenvalue weighted by molar-refractivity contribution is 0.590. The number of para-hydroxylation sites is 1. The van der Waals surface area contributed by atoms with Crippen molar-refractivity contribution < 1.29 is 8.42 Å². The molecule has 1 aromatic heterocycles. The molecule has 22 heavy (non-hydrogen) atoms. The van der Waals surface area contributed by atoms with Crippen LogP contribution in [0.4, 0.5) is 5.69 Å². The number of nitrogens with zero attached hydrogens (tertiary/aromatic N) is 1. The van der Waals surface area contributed by atoms with Crippen molar-refractivity contribution in [2.24, 2.45) is 0 Å². The highest BCUT2D eigenvalue weighted by atomic mass is 32.2. The summed E-state index contributed by atoms with van der Waals surface area (Å²) in [5.74, 6) is 0. The Kier molecular flexibility index (Phi) is 4.27. The van der Waals surface area contributed by atoms with Crippen LogP contribution in [-0.4, -0.2) is 8.42 Å². The van der Waals surface area contributed by atoms with E-state index in [0.717, 1.165) is 4.88 Å². The normalized spacial score (nSPS) is 11.3. The third kappa shape index (κ3) is 3.05. The first-order chi connectivity index (χ1) is 10.7. The van der Waals surface area contributed by atoms with Crippen LogP contribution in [0.3, 0.4) is 0 Å². The predicted octanol–water partition coefficient (Wildman–Crippen LogP) is 4.14. The van der Waals surface area contributed by atoms with Gasteiger partial charge in [-0.2, -0.15) is 0 Å². The van der Waals surface area contributed by atoms with Crippen molar-refractivity contribution >= 4 is 27.0 Å². The molecule has 1 heterocycles. The zero-order valence-corrected chi connectivity index (χ0v) is 13.4. The van der Waals surface area contributed by atoms with Crippen LogP contribution in [0.25, 0.3) is 0 Å². The smallest absolute Gasteiger partial charge is 0.261 e. The Morgan fingerprint density at radius 1 is 0.818 bits per heavy atom. The summed E-state index contributed by atoms with van der Waals surface area (Å²) in [5, 5.41) is 1.95. The first-order valence-electron chi connectivity index (χ1n) is 6.83. The molecule has 0 unspecified atom stereocenters. The van der Waals surface area contributed by atoms with E-state index in [0.29, 0.717) is 17.1 Å². The van der Waals surface area contributed by atoms with Crippen LogP contribution in [0.2, 0.25) is 0 Å². The molecule has 0 fully saturated rings. The summed E-state index contributed by atoms with van der Waals surface area (Å²) in [6.45, 7) is 0.332. The van der Waals surface area contributed by atoms with Gasteiger partial charge in [-0.15, -0.1) is 11.3 Å². The minimum absolute atomic E-state index is 0.301. The molecule has 0 aliphatic carbocycles. The van der Waals surface area contributed by atoms with E-state index in [1.807, 2.05) is 53.9 Å². The molecule has 0 spiro atoms. The largest absolute Gasteiger partial charge is 0.264 e. The number of hydrogen-bond acceptors (Lipinski definition) is 3. The van der Waals surface area contributed by atoms with Crippen LogP contribution in [0.15, 0.2) is 83.1 Å². The Hall–Kier alpha value is -2.11. The molecule has 0 radical (unpaired) electrons. The van der Waals surface area contributed by atoms with E-state index in [-0.39, 0.29) is 0 Å². The maximum absolute atomic E-state index is 13.0. The van der Waals surface area contributed by atoms with Gasteiger partial charge in [-0.1, -0.05) is 42.5 Å². The Balaban J connectivity index is 2.05. The molecular formula is C17H15NO2S2. The molecule has 112 valence electrons. The molecule has 0 saturated heterocycles. The van der Waals surface area contributed by atoms with Crippen LogP contribution in [-0.2, 0) is 16.6 Å². The number of anilines is 1. The summed E-state index contributed by atoms with van der Waals surface area (Å²) in [6.07, 6.45) is 0. The molecule has 0 N–H and O–H groups in total. The minimum atomic E-state index is -3.59. The Labute approximate surface area is 134 Å². The van der Waals surface area contributed by atoms with Gasteiger partial charge in [0.2, 0.25) is 0 Å². The van der Waals surface area contributed by atoms with Gasteiger partial charge in [0.25, 0.3) is 10.0 Å². The van der Waals surface area contributed by atoms with Crippen molar-refractivity contribution in [1.82, 2.24) is 0 Å². The number of hydrogen-bond donors (Lipinski definition) is 0. The monoisotopic (exact) mass is 329 g/mol. The van der Waals surface area contributed by atoms with Crippen molar-refractivity contribution in [1.29, 1.82) is 0 Å². The zero-order valence-electron chi connectivity index (χ0n) is 11.8. The fraction of sp³-hybridized carbons (Fsp3) is 0.0588. The molecule has 3 nitrogen and oxygen atoms in total. The molecule has 0 aliphatic heterocycles. The minimum Gasteiger partial charge on any atom is -0.261 e. The topological polar surface area (TPSA) is 37.4 Å². The molecule has 0 bridgehead atoms. The van der Waals surface area contributed by atoms with E-state index in [4.69, 9.17) is 0 Å². The number of sulfonamides is 1. The quantitative estimate of drug-likeness (QED) is 0.705. The molecule has 5 heteroatoms. The fourth-order valence-corrected chi connectivity index (χ4v) is 4.41. The van der Waals surface area contributed by atoms with Gasteiger partial charge in [0.1, 0.15) is 0 Å². The highest BCUT2D eigenvalue weighted by Gasteiger charge is 2.25. The van der Waals surface area contributed by atoms with Crippen LogP contribution >= 0.6 is 11.3 Å². The van der Waals surface area contributed by atoms with E-state index < -0.39 is 10.0 Å². The van der Waals surface area contributed by atoms with Crippen LogP contribution in [0, 0.1) is 0 Å². The SMILES string of the molecule is O=S(=O)(c1ccccc1)N(Cc1cccs1)c1ccccc1. The number of thiophene rings is 1. The summed E-state index contributed by atoms with van der Waals surface area (Å²) in [5.41, 5.74) is 0.666. The van der Waals surface area contributed by atoms with Gasteiger partial charge in [-0.05, 0) is 35.7 Å². The van der Waals surface area contributed by atoms with Gasteiger partial charge in [0.15, 0.2) is 0 Å². The lowest BCUT2D eigenvalue weighted by Gasteiger charge is -2.24. The Morgan fingerprint density at radius 3 is 2.05 bits per heavy atom. The highest BCUT2D eigenvalue weighted by Crippen LogP contribution is 2.26. The maximum Gasteiger partial charge on any atom is 0.264 e. The van der Waals surface area contributed by atoms with Crippen molar-refractivity contribution in [2.45, 2.75) is 11.4 Å². The van der Waals surface area contributed by atoms with E-state index in [1.54, 1.807) is 35.6 Å². The van der Waals surface area contributed by atoms with Crippen LogP contribution in [0.1, 0.15) is 4.88 Å². The molecule has 2 aromatic carbocycles. The second-order valence-electron chi connectivity index (χ2n) is 4.74. The third-order valence-electron chi connectivity index (χ3n) is 3.25. The van der Waals surface area contributed by atoms with E-state index in [1.165, 1.54) is 4.31 Å². The lowest BCUT2D eigenvalue weighted by Crippen LogP contribution is -2.30. The van der Waals surface area contributed by atoms with Crippen molar-refractivity contribution in [3.05, 3.63) is 83.1 Å². The molecule has 0 atom stereocenters. The van der Waals surface area contributed by atoms with Gasteiger partial charge >= 0.3 is 0 Å². The second kappa shape index (κ2) is 6.34. The Morgan fingerprint density at radius 2 is 1.45 bits per heavy atom. The van der Waals surface area contributed by atoms with Gasteiger partial charge in [-0.25, -0.2) is 8.42 Å². The zero-order chi connectivity index (χ0) is 15.4.